The summed E-state index contributed by atoms with van der Waals surface area (Å²) in [4.78, 5) is 3.99. The fourth-order valence-corrected chi connectivity index (χ4v) is 0.576. The van der Waals surface area contributed by atoms with Gasteiger partial charge in [-0.25, -0.2) is 0 Å². The fourth-order valence-electron chi connectivity index (χ4n) is 0.418. The topological polar surface area (TPSA) is 60.0 Å². The Morgan fingerprint density at radius 3 is 2.50 bits per heavy atom. The van der Waals surface area contributed by atoms with Gasteiger partial charge in [-0.1, -0.05) is 0 Å². The molecule has 0 heterocycles. The van der Waals surface area contributed by atoms with E-state index in [1.54, 1.807) is 6.92 Å². The molecule has 0 fully saturated rings. The Balaban J connectivity index is 4.55. The lowest BCUT2D eigenvalue weighted by Crippen LogP contribution is -1.91. The van der Waals surface area contributed by atoms with Gasteiger partial charge in [-0.3, -0.25) is 4.99 Å². The van der Waals surface area contributed by atoms with Crippen LogP contribution in [0.2, 0.25) is 0 Å². The predicted octanol–water partition coefficient (Wildman–Crippen LogP) is 2.21. The first-order valence-electron chi connectivity index (χ1n) is 3.36. The summed E-state index contributed by atoms with van der Waals surface area (Å²) in [7, 11) is 0. The number of aliphatic imine (C=N–C) groups is 1. The van der Waals surface area contributed by atoms with E-state index in [0.29, 0.717) is 5.57 Å². The normalized spacial score (nSPS) is 12.5. The Morgan fingerprint density at radius 1 is 1.58 bits per heavy atom. The Hall–Kier alpha value is -1.08. The fraction of sp³-hybridized carbons (Fsp3) is 0.375. The van der Waals surface area contributed by atoms with Crippen molar-refractivity contribution in [3.05, 3.63) is 11.8 Å². The third-order valence-corrected chi connectivity index (χ3v) is 1.89. The zero-order valence-corrected chi connectivity index (χ0v) is 8.20. The SMILES string of the molecule is CS/C(C)=N/C=C(/C#N)C(C)=N. The number of nitrogens with one attached hydrogen (secondary N) is 1. The highest BCUT2D eigenvalue weighted by Crippen LogP contribution is 2.00. The number of nitriles is 1. The first kappa shape index (κ1) is 10.9. The summed E-state index contributed by atoms with van der Waals surface area (Å²) in [5.74, 6) is 0. The van der Waals surface area contributed by atoms with Gasteiger partial charge in [0.1, 0.15) is 6.07 Å². The lowest BCUT2D eigenvalue weighted by atomic mass is 10.2. The number of thioether (sulfide) groups is 1. The lowest BCUT2D eigenvalue weighted by Gasteiger charge is -1.91. The molecule has 4 heteroatoms. The minimum absolute atomic E-state index is 0.246. The van der Waals surface area contributed by atoms with Crippen LogP contribution in [-0.4, -0.2) is 17.0 Å². The molecule has 0 aromatic heterocycles. The smallest absolute Gasteiger partial charge is 0.103 e. The van der Waals surface area contributed by atoms with Gasteiger partial charge in [-0.15, -0.1) is 11.8 Å². The highest BCUT2D eigenvalue weighted by atomic mass is 32.2. The maximum Gasteiger partial charge on any atom is 0.103 e. The predicted molar refractivity (Wildman–Crippen MR) is 53.7 cm³/mol. The van der Waals surface area contributed by atoms with Crippen molar-refractivity contribution >= 4 is 22.5 Å². The third-order valence-electron chi connectivity index (χ3n) is 1.20. The van der Waals surface area contributed by atoms with Crippen LogP contribution in [0.3, 0.4) is 0 Å². The standard InChI is InChI=1S/C8H11N3S/c1-6(10)8(4-9)5-11-7(2)12-3/h5,10H,1-3H3/b8-5-,10-6?,11-7+. The number of rotatable bonds is 2. The van der Waals surface area contributed by atoms with Crippen molar-refractivity contribution in [3.8, 4) is 6.07 Å². The highest BCUT2D eigenvalue weighted by Gasteiger charge is 1.95. The van der Waals surface area contributed by atoms with Crippen LogP contribution >= 0.6 is 11.8 Å². The van der Waals surface area contributed by atoms with Crippen molar-refractivity contribution in [1.82, 2.24) is 0 Å². The van der Waals surface area contributed by atoms with Crippen LogP contribution in [0.25, 0.3) is 0 Å². The van der Waals surface area contributed by atoms with Crippen LogP contribution in [0, 0.1) is 16.7 Å². The van der Waals surface area contributed by atoms with Gasteiger partial charge < -0.3 is 5.41 Å². The highest BCUT2D eigenvalue weighted by molar-refractivity contribution is 8.13. The van der Waals surface area contributed by atoms with Crippen LogP contribution < -0.4 is 0 Å². The average molecular weight is 181 g/mol. The zero-order valence-electron chi connectivity index (χ0n) is 7.38. The lowest BCUT2D eigenvalue weighted by molar-refractivity contribution is 1.41. The molecule has 0 atom stereocenters. The van der Waals surface area contributed by atoms with Gasteiger partial charge in [-0.05, 0) is 20.1 Å². The summed E-state index contributed by atoms with van der Waals surface area (Å²) in [5.41, 5.74) is 0.554. The van der Waals surface area contributed by atoms with Crippen LogP contribution in [0.15, 0.2) is 16.8 Å². The second-order valence-corrected chi connectivity index (χ2v) is 3.13. The van der Waals surface area contributed by atoms with Crippen molar-refractivity contribution in [3.63, 3.8) is 0 Å². The molecular formula is C8H11N3S. The van der Waals surface area contributed by atoms with Crippen LogP contribution in [0.5, 0.6) is 0 Å². The van der Waals surface area contributed by atoms with Gasteiger partial charge in [-0.2, -0.15) is 5.26 Å². The molecule has 0 aromatic carbocycles. The van der Waals surface area contributed by atoms with Crippen LogP contribution in [0.4, 0.5) is 0 Å². The van der Waals surface area contributed by atoms with Gasteiger partial charge in [0.2, 0.25) is 0 Å². The van der Waals surface area contributed by atoms with E-state index in [9.17, 15) is 0 Å². The van der Waals surface area contributed by atoms with Gasteiger partial charge in [0.25, 0.3) is 0 Å². The van der Waals surface area contributed by atoms with E-state index in [2.05, 4.69) is 4.99 Å². The molecule has 0 radical (unpaired) electrons. The molecule has 0 saturated carbocycles. The first-order valence-corrected chi connectivity index (χ1v) is 4.58. The van der Waals surface area contributed by atoms with Crippen molar-refractivity contribution < 1.29 is 0 Å². The Bertz CT molecular complexity index is 271. The molecule has 0 saturated heterocycles. The van der Waals surface area contributed by atoms with E-state index < -0.39 is 0 Å². The van der Waals surface area contributed by atoms with E-state index >= 15 is 0 Å². The Morgan fingerprint density at radius 2 is 2.17 bits per heavy atom. The summed E-state index contributed by atoms with van der Waals surface area (Å²) in [6, 6.07) is 1.90. The van der Waals surface area contributed by atoms with Gasteiger partial charge >= 0.3 is 0 Å². The van der Waals surface area contributed by atoms with Crippen molar-refractivity contribution in [2.24, 2.45) is 4.99 Å². The first-order chi connectivity index (χ1) is 5.61. The monoisotopic (exact) mass is 181 g/mol. The Labute approximate surface area is 76.7 Å². The molecule has 64 valence electrons. The summed E-state index contributed by atoms with van der Waals surface area (Å²) >= 11 is 1.51. The molecule has 0 aliphatic heterocycles. The van der Waals surface area contributed by atoms with E-state index in [-0.39, 0.29) is 5.71 Å². The summed E-state index contributed by atoms with van der Waals surface area (Å²) < 4.78 is 0. The summed E-state index contributed by atoms with van der Waals surface area (Å²) in [5, 5.41) is 16.6. The van der Waals surface area contributed by atoms with Crippen molar-refractivity contribution in [2.75, 3.05) is 6.26 Å². The molecule has 0 amide bonds. The minimum atomic E-state index is 0.246. The third kappa shape index (κ3) is 3.94. The quantitative estimate of drug-likeness (QED) is 0.403. The molecule has 0 rings (SSSR count). The molecule has 0 aliphatic carbocycles. The molecule has 0 spiro atoms. The molecular weight excluding hydrogens is 170 g/mol. The molecule has 0 aromatic rings. The maximum atomic E-state index is 8.55. The Kier molecular flexibility index (Phi) is 5.06. The number of hydrogen-bond acceptors (Lipinski definition) is 4. The second kappa shape index (κ2) is 5.56. The molecule has 0 bridgehead atoms. The molecule has 1 N–H and O–H groups in total. The van der Waals surface area contributed by atoms with Gasteiger partial charge in [0.15, 0.2) is 0 Å². The van der Waals surface area contributed by atoms with Gasteiger partial charge in [0, 0.05) is 11.9 Å². The minimum Gasteiger partial charge on any atom is -0.304 e. The summed E-state index contributed by atoms with van der Waals surface area (Å²) in [6.07, 6.45) is 3.34. The largest absolute Gasteiger partial charge is 0.304 e. The van der Waals surface area contributed by atoms with E-state index in [0.717, 1.165) is 5.04 Å². The van der Waals surface area contributed by atoms with E-state index in [1.807, 2.05) is 19.2 Å². The average Bonchev–Trinajstić information content (AvgIpc) is 2.04. The van der Waals surface area contributed by atoms with Crippen molar-refractivity contribution in [1.29, 1.82) is 10.7 Å². The molecule has 12 heavy (non-hydrogen) atoms. The number of hydrogen-bond donors (Lipinski definition) is 1. The van der Waals surface area contributed by atoms with Crippen LogP contribution in [0.1, 0.15) is 13.8 Å². The molecule has 3 nitrogen and oxygen atoms in total. The molecule has 0 aliphatic rings. The zero-order chi connectivity index (χ0) is 9.56. The van der Waals surface area contributed by atoms with Crippen LogP contribution in [-0.2, 0) is 0 Å². The molecule has 0 unspecified atom stereocenters. The van der Waals surface area contributed by atoms with Crippen molar-refractivity contribution in [2.45, 2.75) is 13.8 Å². The van der Waals surface area contributed by atoms with E-state index in [4.69, 9.17) is 10.7 Å². The number of allylic oxidation sites excluding steroid dienone is 1. The second-order valence-electron chi connectivity index (χ2n) is 2.13. The maximum absolute atomic E-state index is 8.55. The number of nitrogens with zero attached hydrogens (tertiary/aromatic N) is 2. The van der Waals surface area contributed by atoms with Gasteiger partial charge in [0.05, 0.1) is 10.6 Å². The summed E-state index contributed by atoms with van der Waals surface area (Å²) in [6.45, 7) is 3.43. The van der Waals surface area contributed by atoms with E-state index in [1.165, 1.54) is 18.0 Å².